The van der Waals surface area contributed by atoms with Crippen molar-refractivity contribution in [3.05, 3.63) is 235 Å². The predicted octanol–water partition coefficient (Wildman–Crippen LogP) is 14.7. The molecule has 0 amide bonds. The molecule has 3 atom stereocenters. The lowest BCUT2D eigenvalue weighted by Gasteiger charge is -2.31. The fourth-order valence-corrected chi connectivity index (χ4v) is 10.4. The molecular formula is C59H41N3O. The molecular weight excluding hydrogens is 767 g/mol. The average molecular weight is 808 g/mol. The Kier molecular flexibility index (Phi) is 8.06. The number of nitrogens with one attached hydrogen (secondary N) is 1. The van der Waals surface area contributed by atoms with Crippen molar-refractivity contribution in [1.29, 1.82) is 0 Å². The van der Waals surface area contributed by atoms with Crippen molar-refractivity contribution >= 4 is 49.5 Å². The van der Waals surface area contributed by atoms with Crippen LogP contribution >= 0.6 is 0 Å². The van der Waals surface area contributed by atoms with Gasteiger partial charge in [0.1, 0.15) is 11.7 Å². The summed E-state index contributed by atoms with van der Waals surface area (Å²) in [6.45, 7) is 0. The van der Waals surface area contributed by atoms with Gasteiger partial charge in [-0.3, -0.25) is 10.3 Å². The Morgan fingerprint density at radius 3 is 1.76 bits per heavy atom. The zero-order valence-corrected chi connectivity index (χ0v) is 34.4. The maximum absolute atomic E-state index is 7.11. The Morgan fingerprint density at radius 2 is 1.06 bits per heavy atom. The summed E-state index contributed by atoms with van der Waals surface area (Å²) in [6.07, 6.45) is 0.730. The van der Waals surface area contributed by atoms with Crippen molar-refractivity contribution in [1.82, 2.24) is 9.88 Å². The molecule has 0 bridgehead atoms. The van der Waals surface area contributed by atoms with Gasteiger partial charge in [-0.25, -0.2) is 0 Å². The van der Waals surface area contributed by atoms with E-state index < -0.39 is 0 Å². The summed E-state index contributed by atoms with van der Waals surface area (Å²) in [6, 6.07) is 78.6. The highest BCUT2D eigenvalue weighted by molar-refractivity contribution is 6.15. The predicted molar refractivity (Wildman–Crippen MR) is 259 cm³/mol. The summed E-state index contributed by atoms with van der Waals surface area (Å²) in [4.78, 5) is 5.49. The van der Waals surface area contributed by atoms with Gasteiger partial charge in [-0.1, -0.05) is 188 Å². The van der Waals surface area contributed by atoms with Crippen LogP contribution in [-0.2, 0) is 5.54 Å². The van der Waals surface area contributed by atoms with E-state index in [0.29, 0.717) is 0 Å². The van der Waals surface area contributed by atoms with Crippen LogP contribution in [0.1, 0.15) is 29.3 Å². The zero-order valence-electron chi connectivity index (χ0n) is 34.4. The van der Waals surface area contributed by atoms with Gasteiger partial charge < -0.3 is 8.98 Å². The summed E-state index contributed by atoms with van der Waals surface area (Å²) in [5, 5.41) is 8.83. The van der Waals surface area contributed by atoms with Crippen LogP contribution in [0.15, 0.2) is 228 Å². The molecule has 0 radical (unpaired) electrons. The number of hydrogen-bond acceptors (Lipinski definition) is 3. The largest absolute Gasteiger partial charge is 0.454 e. The van der Waals surface area contributed by atoms with Gasteiger partial charge in [-0.15, -0.1) is 0 Å². The minimum Gasteiger partial charge on any atom is -0.454 e. The second-order valence-corrected chi connectivity index (χ2v) is 17.1. The van der Waals surface area contributed by atoms with E-state index in [9.17, 15) is 0 Å². The molecule has 4 heteroatoms. The Labute approximate surface area is 365 Å². The molecule has 3 unspecified atom stereocenters. The van der Waals surface area contributed by atoms with Crippen LogP contribution in [0.3, 0.4) is 0 Å². The quantitative estimate of drug-likeness (QED) is 0.174. The molecule has 0 spiro atoms. The first kappa shape index (κ1) is 35.9. The van der Waals surface area contributed by atoms with Crippen molar-refractivity contribution < 1.29 is 4.42 Å². The summed E-state index contributed by atoms with van der Waals surface area (Å²) < 4.78 is 9.53. The number of hydrogen-bond donors (Lipinski definition) is 1. The summed E-state index contributed by atoms with van der Waals surface area (Å²) in [5.74, 6) is 0.214. The van der Waals surface area contributed by atoms with Gasteiger partial charge in [0.15, 0.2) is 5.58 Å². The molecule has 2 aromatic heterocycles. The smallest absolute Gasteiger partial charge is 0.159 e. The monoisotopic (exact) mass is 807 g/mol. The van der Waals surface area contributed by atoms with E-state index in [1.807, 2.05) is 0 Å². The van der Waals surface area contributed by atoms with Gasteiger partial charge >= 0.3 is 0 Å². The molecule has 1 aliphatic carbocycles. The first-order valence-corrected chi connectivity index (χ1v) is 21.9. The number of para-hydroxylation sites is 1. The lowest BCUT2D eigenvalue weighted by Crippen LogP contribution is -2.39. The fraction of sp³-hybridized carbons (Fsp3) is 0.0678. The number of aliphatic imine (C=N–C) groups is 1. The maximum Gasteiger partial charge on any atom is 0.159 e. The molecule has 0 saturated heterocycles. The third kappa shape index (κ3) is 5.76. The number of aromatic nitrogens is 1. The lowest BCUT2D eigenvalue weighted by molar-refractivity contribution is 0.413. The Morgan fingerprint density at radius 1 is 0.476 bits per heavy atom. The van der Waals surface area contributed by atoms with Gasteiger partial charge in [-0.2, -0.15) is 0 Å². The molecule has 1 saturated carbocycles. The normalized spacial score (nSPS) is 18.2. The zero-order chi connectivity index (χ0) is 41.5. The summed E-state index contributed by atoms with van der Waals surface area (Å²) in [7, 11) is 0. The van der Waals surface area contributed by atoms with Crippen LogP contribution in [0.4, 0.5) is 0 Å². The maximum atomic E-state index is 7.11. The number of fused-ring (bicyclic) bond motifs is 7. The van der Waals surface area contributed by atoms with Crippen LogP contribution in [-0.4, -0.2) is 10.3 Å². The Balaban J connectivity index is 0.985. The molecule has 11 aromatic rings. The lowest BCUT2D eigenvalue weighted by atomic mass is 9.91. The van der Waals surface area contributed by atoms with Crippen molar-refractivity contribution in [2.24, 2.45) is 10.9 Å². The van der Waals surface area contributed by atoms with E-state index in [1.165, 1.54) is 55.3 Å². The molecule has 1 aliphatic heterocycles. The molecule has 13 rings (SSSR count). The van der Waals surface area contributed by atoms with Gasteiger partial charge in [0.25, 0.3) is 0 Å². The second kappa shape index (κ2) is 14.1. The fourth-order valence-electron chi connectivity index (χ4n) is 10.4. The van der Waals surface area contributed by atoms with Crippen molar-refractivity contribution in [3.8, 4) is 39.1 Å². The van der Waals surface area contributed by atoms with E-state index in [2.05, 4.69) is 228 Å². The van der Waals surface area contributed by atoms with E-state index in [-0.39, 0.29) is 17.6 Å². The van der Waals surface area contributed by atoms with Crippen LogP contribution in [0.5, 0.6) is 0 Å². The third-order valence-electron chi connectivity index (χ3n) is 13.6. The van der Waals surface area contributed by atoms with Gasteiger partial charge in [0.2, 0.25) is 0 Å². The van der Waals surface area contributed by atoms with E-state index in [4.69, 9.17) is 9.41 Å². The number of furan rings is 1. The number of benzene rings is 9. The van der Waals surface area contributed by atoms with E-state index in [0.717, 1.165) is 56.4 Å². The van der Waals surface area contributed by atoms with Crippen molar-refractivity contribution in [3.63, 3.8) is 0 Å². The van der Waals surface area contributed by atoms with Crippen molar-refractivity contribution in [2.75, 3.05) is 0 Å². The van der Waals surface area contributed by atoms with Gasteiger partial charge in [-0.05, 0) is 86.8 Å². The Bertz CT molecular complexity index is 3550. The van der Waals surface area contributed by atoms with Crippen LogP contribution < -0.4 is 5.32 Å². The van der Waals surface area contributed by atoms with E-state index >= 15 is 0 Å². The molecule has 3 heterocycles. The van der Waals surface area contributed by atoms with Gasteiger partial charge in [0, 0.05) is 33.2 Å². The van der Waals surface area contributed by atoms with Crippen LogP contribution in [0, 0.1) is 5.92 Å². The highest BCUT2D eigenvalue weighted by Gasteiger charge is 2.61. The van der Waals surface area contributed by atoms with E-state index in [1.54, 1.807) is 0 Å². The van der Waals surface area contributed by atoms with Crippen LogP contribution in [0.25, 0.3) is 82.8 Å². The third-order valence-corrected chi connectivity index (χ3v) is 13.6. The number of rotatable bonds is 7. The minimum atomic E-state index is -0.326. The molecule has 298 valence electrons. The van der Waals surface area contributed by atoms with Crippen LogP contribution in [0.2, 0.25) is 0 Å². The summed E-state index contributed by atoms with van der Waals surface area (Å²) >= 11 is 0. The molecule has 1 N–H and O–H groups in total. The topological polar surface area (TPSA) is 42.5 Å². The number of nitrogens with zero attached hydrogens (tertiary/aromatic N) is 2. The summed E-state index contributed by atoms with van der Waals surface area (Å²) in [5.41, 5.74) is 16.7. The minimum absolute atomic E-state index is 0.214. The highest BCUT2D eigenvalue weighted by atomic mass is 16.3. The second-order valence-electron chi connectivity index (χ2n) is 17.1. The SMILES string of the molecule is c1ccc(C2=NC(c3ccc(-c4ccccc4)cc3)NC3(c4cccc5oc6c(-n7c8ccc(-c9ccccc9)cc8c8ccc(-c9ccccc9)cc87)cccc6c45)CC23)cc1. The molecule has 4 nitrogen and oxygen atoms in total. The Hall–Kier alpha value is -7.79. The van der Waals surface area contributed by atoms with Gasteiger partial charge in [0.05, 0.1) is 22.3 Å². The highest BCUT2D eigenvalue weighted by Crippen LogP contribution is 2.59. The first-order valence-electron chi connectivity index (χ1n) is 21.9. The van der Waals surface area contributed by atoms with Crippen molar-refractivity contribution in [2.45, 2.75) is 18.1 Å². The first-order chi connectivity index (χ1) is 31.2. The molecule has 9 aromatic carbocycles. The average Bonchev–Trinajstić information content (AvgIpc) is 3.86. The molecule has 2 aliphatic rings. The standard InChI is InChI=1S/C59H41N3O/c1-5-15-38(16-6-1)41-27-29-43(30-28-41)58-60-56(42-21-11-4-12-22-42)50-37-59(50,61-58)49-24-14-26-54-55(49)47-23-13-25-52(57(47)63-54)62-51-34-32-44(39-17-7-2-8-18-39)35-48(51)46-33-31-45(36-53(46)62)40-19-9-3-10-20-40/h1-36,50,58,61H,37H2. The molecule has 1 fully saturated rings. The molecule has 63 heavy (non-hydrogen) atoms.